The first-order valence-electron chi connectivity index (χ1n) is 8.43. The van der Waals surface area contributed by atoms with Crippen LogP contribution in [0.1, 0.15) is 35.5 Å². The summed E-state index contributed by atoms with van der Waals surface area (Å²) in [6, 6.07) is 14.4. The Bertz CT molecular complexity index is 917. The highest BCUT2D eigenvalue weighted by Crippen LogP contribution is 2.26. The molecule has 0 atom stereocenters. The molecule has 0 aliphatic heterocycles. The highest BCUT2D eigenvalue weighted by Gasteiger charge is 2.26. The number of nitrogens with zero attached hydrogens (tertiary/aromatic N) is 1. The molecule has 0 unspecified atom stereocenters. The quantitative estimate of drug-likeness (QED) is 0.736. The molecule has 4 nitrogen and oxygen atoms in total. The number of amides is 1. The van der Waals surface area contributed by atoms with E-state index in [1.165, 1.54) is 6.07 Å². The van der Waals surface area contributed by atoms with Crippen LogP contribution in [0.3, 0.4) is 0 Å². The minimum atomic E-state index is -0.490. The Balaban J connectivity index is 1.72. The van der Waals surface area contributed by atoms with Crippen LogP contribution in [-0.2, 0) is 5.41 Å². The Morgan fingerprint density at radius 2 is 1.88 bits per heavy atom. The van der Waals surface area contributed by atoms with Gasteiger partial charge in [-0.15, -0.1) is 0 Å². The largest absolute Gasteiger partial charge is 0.444 e. The Morgan fingerprint density at radius 1 is 1.15 bits per heavy atom. The average Bonchev–Trinajstić information content (AvgIpc) is 3.14. The van der Waals surface area contributed by atoms with Gasteiger partial charge in [0.15, 0.2) is 0 Å². The van der Waals surface area contributed by atoms with Gasteiger partial charge in [-0.2, -0.15) is 0 Å². The molecule has 0 aliphatic rings. The van der Waals surface area contributed by atoms with Crippen LogP contribution >= 0.6 is 0 Å². The molecule has 0 aliphatic carbocycles. The van der Waals surface area contributed by atoms with Crippen LogP contribution in [0, 0.1) is 12.7 Å². The van der Waals surface area contributed by atoms with Gasteiger partial charge in [0.05, 0.1) is 11.3 Å². The van der Waals surface area contributed by atoms with Crippen LogP contribution in [0.2, 0.25) is 0 Å². The topological polar surface area (TPSA) is 55.1 Å². The van der Waals surface area contributed by atoms with Crippen LogP contribution in [0.25, 0.3) is 11.5 Å². The first-order valence-corrected chi connectivity index (χ1v) is 8.43. The predicted molar refractivity (Wildman–Crippen MR) is 98.4 cm³/mol. The van der Waals surface area contributed by atoms with E-state index < -0.39 is 17.1 Å². The minimum Gasteiger partial charge on any atom is -0.444 e. The summed E-state index contributed by atoms with van der Waals surface area (Å²) in [5.74, 6) is -0.397. The van der Waals surface area contributed by atoms with Gasteiger partial charge in [-0.25, -0.2) is 9.37 Å². The highest BCUT2D eigenvalue weighted by molar-refractivity contribution is 5.94. The van der Waals surface area contributed by atoms with Crippen LogP contribution < -0.4 is 5.32 Å². The lowest BCUT2D eigenvalue weighted by Crippen LogP contribution is -2.37. The number of hydrogen-bond donors (Lipinski definition) is 1. The molecule has 134 valence electrons. The van der Waals surface area contributed by atoms with Gasteiger partial charge in [0.25, 0.3) is 5.91 Å². The van der Waals surface area contributed by atoms with Crippen molar-refractivity contribution in [2.24, 2.45) is 0 Å². The van der Waals surface area contributed by atoms with E-state index in [1.807, 2.05) is 44.2 Å². The van der Waals surface area contributed by atoms with E-state index in [1.54, 1.807) is 25.3 Å². The molecule has 26 heavy (non-hydrogen) atoms. The maximum atomic E-state index is 14.1. The fourth-order valence-electron chi connectivity index (χ4n) is 2.61. The standard InChI is InChI=1S/C21H21FN2O2/c1-14-8-7-11-16(18(14)22)19(25)23-13-21(2,3)17-12-26-20(24-17)15-9-5-4-6-10-15/h4-12H,13H2,1-3H3,(H,23,25). The zero-order valence-corrected chi connectivity index (χ0v) is 15.0. The van der Waals surface area contributed by atoms with Gasteiger partial charge in [-0.1, -0.05) is 44.2 Å². The number of carbonyl (C=O) groups is 1. The molecular weight excluding hydrogens is 331 g/mol. The third kappa shape index (κ3) is 3.67. The van der Waals surface area contributed by atoms with Gasteiger partial charge < -0.3 is 9.73 Å². The fraction of sp³-hybridized carbons (Fsp3) is 0.238. The number of carbonyl (C=O) groups excluding carboxylic acids is 1. The second-order valence-electron chi connectivity index (χ2n) is 6.91. The first-order chi connectivity index (χ1) is 12.4. The third-order valence-corrected chi connectivity index (χ3v) is 4.35. The number of aryl methyl sites for hydroxylation is 1. The molecule has 2 aromatic carbocycles. The Morgan fingerprint density at radius 3 is 2.62 bits per heavy atom. The smallest absolute Gasteiger partial charge is 0.254 e. The summed E-state index contributed by atoms with van der Waals surface area (Å²) in [5.41, 5.74) is 1.64. The van der Waals surface area contributed by atoms with Crippen molar-refractivity contribution in [2.75, 3.05) is 6.54 Å². The van der Waals surface area contributed by atoms with E-state index in [9.17, 15) is 9.18 Å². The zero-order valence-electron chi connectivity index (χ0n) is 15.0. The maximum Gasteiger partial charge on any atom is 0.254 e. The molecule has 1 amide bonds. The number of oxazole rings is 1. The van der Waals surface area contributed by atoms with Crippen LogP contribution in [0.15, 0.2) is 59.2 Å². The van der Waals surface area contributed by atoms with E-state index >= 15 is 0 Å². The van der Waals surface area contributed by atoms with E-state index in [2.05, 4.69) is 10.3 Å². The monoisotopic (exact) mass is 352 g/mol. The number of nitrogens with one attached hydrogen (secondary N) is 1. The SMILES string of the molecule is Cc1cccc(C(=O)NCC(C)(C)c2coc(-c3ccccc3)n2)c1F. The molecule has 0 radical (unpaired) electrons. The molecule has 1 heterocycles. The normalized spacial score (nSPS) is 11.4. The summed E-state index contributed by atoms with van der Waals surface area (Å²) in [7, 11) is 0. The van der Waals surface area contributed by atoms with E-state index in [-0.39, 0.29) is 5.56 Å². The Labute approximate surface area is 152 Å². The lowest BCUT2D eigenvalue weighted by molar-refractivity contribution is 0.0941. The van der Waals surface area contributed by atoms with Gasteiger partial charge in [-0.3, -0.25) is 4.79 Å². The van der Waals surface area contributed by atoms with Crippen LogP contribution in [0.4, 0.5) is 4.39 Å². The van der Waals surface area contributed by atoms with Crippen molar-refractivity contribution in [3.8, 4) is 11.5 Å². The molecule has 3 aromatic rings. The van der Waals surface area contributed by atoms with Gasteiger partial charge in [0, 0.05) is 17.5 Å². The lowest BCUT2D eigenvalue weighted by Gasteiger charge is -2.22. The van der Waals surface area contributed by atoms with Gasteiger partial charge in [0.1, 0.15) is 12.1 Å². The first kappa shape index (κ1) is 17.9. The van der Waals surface area contributed by atoms with Crippen LogP contribution in [0.5, 0.6) is 0 Å². The predicted octanol–water partition coefficient (Wildman–Crippen LogP) is 4.50. The van der Waals surface area contributed by atoms with Crippen molar-refractivity contribution in [2.45, 2.75) is 26.2 Å². The summed E-state index contributed by atoms with van der Waals surface area (Å²) in [6.07, 6.45) is 1.60. The molecule has 1 N–H and O–H groups in total. The summed E-state index contributed by atoms with van der Waals surface area (Å²) >= 11 is 0. The molecular formula is C21H21FN2O2. The lowest BCUT2D eigenvalue weighted by atomic mass is 9.90. The molecule has 0 saturated carbocycles. The van der Waals surface area contributed by atoms with Gasteiger partial charge in [-0.05, 0) is 30.7 Å². The van der Waals surface area contributed by atoms with Gasteiger partial charge in [0.2, 0.25) is 5.89 Å². The number of hydrogen-bond acceptors (Lipinski definition) is 3. The molecule has 3 rings (SSSR count). The summed E-state index contributed by atoms with van der Waals surface area (Å²) in [5, 5.41) is 2.79. The third-order valence-electron chi connectivity index (χ3n) is 4.35. The molecule has 0 spiro atoms. The number of halogens is 1. The highest BCUT2D eigenvalue weighted by atomic mass is 19.1. The van der Waals surface area contributed by atoms with E-state index in [0.29, 0.717) is 18.0 Å². The fourth-order valence-corrected chi connectivity index (χ4v) is 2.61. The second kappa shape index (κ2) is 7.12. The Hall–Kier alpha value is -2.95. The van der Waals surface area contributed by atoms with Crippen molar-refractivity contribution in [1.82, 2.24) is 10.3 Å². The number of aromatic nitrogens is 1. The Kier molecular flexibility index (Phi) is 4.89. The zero-order chi connectivity index (χ0) is 18.7. The summed E-state index contributed by atoms with van der Waals surface area (Å²) in [6.45, 7) is 5.84. The van der Waals surface area contributed by atoms with Crippen LogP contribution in [-0.4, -0.2) is 17.4 Å². The van der Waals surface area contributed by atoms with E-state index in [0.717, 1.165) is 11.3 Å². The molecule has 0 saturated heterocycles. The average molecular weight is 352 g/mol. The van der Waals surface area contributed by atoms with Crippen molar-refractivity contribution < 1.29 is 13.6 Å². The minimum absolute atomic E-state index is 0.0472. The van der Waals surface area contributed by atoms with Crippen molar-refractivity contribution in [3.05, 3.63) is 77.4 Å². The van der Waals surface area contributed by atoms with E-state index in [4.69, 9.17) is 4.42 Å². The molecule has 0 bridgehead atoms. The summed E-state index contributed by atoms with van der Waals surface area (Å²) in [4.78, 5) is 16.9. The molecule has 1 aromatic heterocycles. The van der Waals surface area contributed by atoms with Crippen molar-refractivity contribution in [3.63, 3.8) is 0 Å². The van der Waals surface area contributed by atoms with Gasteiger partial charge >= 0.3 is 0 Å². The molecule has 0 fully saturated rings. The number of benzene rings is 2. The summed E-state index contributed by atoms with van der Waals surface area (Å²) < 4.78 is 19.7. The van der Waals surface area contributed by atoms with Crippen molar-refractivity contribution in [1.29, 1.82) is 0 Å². The van der Waals surface area contributed by atoms with Crippen molar-refractivity contribution >= 4 is 5.91 Å². The molecule has 5 heteroatoms. The second-order valence-corrected chi connectivity index (χ2v) is 6.91. The number of rotatable bonds is 5. The maximum absolute atomic E-state index is 14.1.